The van der Waals surface area contributed by atoms with Gasteiger partial charge in [0.2, 0.25) is 5.91 Å². The molecule has 1 unspecified atom stereocenters. The number of anilines is 1. The van der Waals surface area contributed by atoms with E-state index < -0.39 is 0 Å². The smallest absolute Gasteiger partial charge is 0.245 e. The molecule has 0 aliphatic carbocycles. The van der Waals surface area contributed by atoms with Crippen molar-refractivity contribution in [2.75, 3.05) is 18.5 Å². The Balaban J connectivity index is 2.28. The van der Waals surface area contributed by atoms with E-state index in [9.17, 15) is 4.79 Å². The van der Waals surface area contributed by atoms with Gasteiger partial charge in [-0.2, -0.15) is 0 Å². The predicted molar refractivity (Wildman–Crippen MR) is 63.5 cm³/mol. The maximum absolute atomic E-state index is 12.0. The average molecular weight is 219 g/mol. The second kappa shape index (κ2) is 4.22. The van der Waals surface area contributed by atoms with Gasteiger partial charge in [-0.05, 0) is 45.0 Å². The third kappa shape index (κ3) is 1.93. The summed E-state index contributed by atoms with van der Waals surface area (Å²) in [6, 6.07) is 3.92. The van der Waals surface area contributed by atoms with E-state index in [1.54, 1.807) is 4.90 Å². The number of pyridine rings is 1. The Morgan fingerprint density at radius 1 is 1.44 bits per heavy atom. The first-order valence-electron chi connectivity index (χ1n) is 5.56. The van der Waals surface area contributed by atoms with Gasteiger partial charge in [-0.25, -0.2) is 4.98 Å². The van der Waals surface area contributed by atoms with E-state index in [1.807, 2.05) is 33.0 Å². The normalized spacial score (nSPS) is 20.6. The van der Waals surface area contributed by atoms with E-state index in [0.717, 1.165) is 30.0 Å². The Kier molecular flexibility index (Phi) is 2.92. The summed E-state index contributed by atoms with van der Waals surface area (Å²) >= 11 is 0. The van der Waals surface area contributed by atoms with E-state index in [1.165, 1.54) is 0 Å². The first-order valence-corrected chi connectivity index (χ1v) is 5.56. The highest BCUT2D eigenvalue weighted by molar-refractivity contribution is 5.98. The predicted octanol–water partition coefficient (Wildman–Crippen LogP) is 1.02. The summed E-state index contributed by atoms with van der Waals surface area (Å²) in [5.41, 5.74) is 2.10. The number of rotatable bonds is 2. The van der Waals surface area contributed by atoms with E-state index >= 15 is 0 Å². The topological polar surface area (TPSA) is 45.2 Å². The Morgan fingerprint density at radius 3 is 2.75 bits per heavy atom. The first kappa shape index (κ1) is 11.1. The number of carbonyl (C=O) groups is 1. The molecular weight excluding hydrogens is 202 g/mol. The summed E-state index contributed by atoms with van der Waals surface area (Å²) in [7, 11) is 1.82. The second-order valence-electron chi connectivity index (χ2n) is 4.26. The molecule has 16 heavy (non-hydrogen) atoms. The third-order valence-electron chi connectivity index (χ3n) is 2.91. The number of aromatic nitrogens is 1. The molecule has 0 saturated carbocycles. The van der Waals surface area contributed by atoms with Crippen molar-refractivity contribution in [3.63, 3.8) is 0 Å². The number of hydrogen-bond acceptors (Lipinski definition) is 3. The molecule has 4 nitrogen and oxygen atoms in total. The first-order chi connectivity index (χ1) is 7.61. The minimum atomic E-state index is -0.0531. The van der Waals surface area contributed by atoms with Crippen molar-refractivity contribution in [2.45, 2.75) is 26.3 Å². The summed E-state index contributed by atoms with van der Waals surface area (Å²) in [6.45, 7) is 4.72. The average Bonchev–Trinajstić information content (AvgIpc) is 2.58. The number of likely N-dealkylation sites (N-methyl/N-ethyl adjacent to an activating group) is 1. The summed E-state index contributed by atoms with van der Waals surface area (Å²) in [6.07, 6.45) is 0.851. The molecule has 86 valence electrons. The van der Waals surface area contributed by atoms with Gasteiger partial charge in [-0.3, -0.25) is 9.69 Å². The fourth-order valence-corrected chi connectivity index (χ4v) is 2.13. The van der Waals surface area contributed by atoms with Crippen molar-refractivity contribution in [3.8, 4) is 0 Å². The summed E-state index contributed by atoms with van der Waals surface area (Å²) in [5.74, 6) is 0.903. The highest BCUT2D eigenvalue weighted by atomic mass is 16.2. The minimum absolute atomic E-state index is 0.0531. The Morgan fingerprint density at radius 2 is 2.19 bits per heavy atom. The third-order valence-corrected chi connectivity index (χ3v) is 2.91. The molecule has 2 heterocycles. The van der Waals surface area contributed by atoms with Crippen molar-refractivity contribution < 1.29 is 4.79 Å². The molecule has 0 aromatic carbocycles. The molecule has 1 N–H and O–H groups in total. The van der Waals surface area contributed by atoms with E-state index in [-0.39, 0.29) is 11.9 Å². The van der Waals surface area contributed by atoms with Crippen LogP contribution in [-0.2, 0) is 4.79 Å². The highest BCUT2D eigenvalue weighted by Gasteiger charge is 2.31. The van der Waals surface area contributed by atoms with Crippen LogP contribution < -0.4 is 10.2 Å². The number of nitrogens with one attached hydrogen (secondary N) is 1. The van der Waals surface area contributed by atoms with Crippen molar-refractivity contribution in [1.29, 1.82) is 0 Å². The van der Waals surface area contributed by atoms with Gasteiger partial charge in [0.05, 0.1) is 6.04 Å². The number of amides is 1. The molecule has 1 aliphatic heterocycles. The monoisotopic (exact) mass is 219 g/mol. The molecule has 0 radical (unpaired) electrons. The fourth-order valence-electron chi connectivity index (χ4n) is 2.13. The van der Waals surface area contributed by atoms with Crippen molar-refractivity contribution in [2.24, 2.45) is 0 Å². The van der Waals surface area contributed by atoms with E-state index in [2.05, 4.69) is 10.3 Å². The molecular formula is C12H17N3O. The van der Waals surface area contributed by atoms with Gasteiger partial charge in [0.15, 0.2) is 0 Å². The number of carbonyl (C=O) groups excluding carboxylic acids is 1. The molecule has 2 rings (SSSR count). The van der Waals surface area contributed by atoms with Crippen LogP contribution in [0.5, 0.6) is 0 Å². The molecule has 1 amide bonds. The van der Waals surface area contributed by atoms with Crippen LogP contribution in [0.1, 0.15) is 17.7 Å². The molecule has 1 fully saturated rings. The van der Waals surface area contributed by atoms with Crippen LogP contribution in [0.4, 0.5) is 5.82 Å². The molecule has 1 aliphatic rings. The largest absolute Gasteiger partial charge is 0.309 e. The zero-order valence-corrected chi connectivity index (χ0v) is 9.95. The van der Waals surface area contributed by atoms with Crippen LogP contribution in [0.25, 0.3) is 0 Å². The zero-order chi connectivity index (χ0) is 11.7. The van der Waals surface area contributed by atoms with Gasteiger partial charge in [0.25, 0.3) is 0 Å². The Hall–Kier alpha value is -1.42. The van der Waals surface area contributed by atoms with Crippen LogP contribution in [0, 0.1) is 13.8 Å². The van der Waals surface area contributed by atoms with Gasteiger partial charge >= 0.3 is 0 Å². The fraction of sp³-hybridized carbons (Fsp3) is 0.500. The maximum Gasteiger partial charge on any atom is 0.245 e. The number of aryl methyl sites for hydroxylation is 2. The Bertz CT molecular complexity index is 396. The zero-order valence-electron chi connectivity index (χ0n) is 9.95. The minimum Gasteiger partial charge on any atom is -0.309 e. The van der Waals surface area contributed by atoms with Crippen LogP contribution in [-0.4, -0.2) is 30.5 Å². The van der Waals surface area contributed by atoms with Gasteiger partial charge in [0, 0.05) is 12.2 Å². The molecule has 1 aromatic heterocycles. The molecule has 4 heteroatoms. The summed E-state index contributed by atoms with van der Waals surface area (Å²) in [4.78, 5) is 18.2. The lowest BCUT2D eigenvalue weighted by molar-refractivity contribution is -0.118. The standard InChI is InChI=1S/C12H17N3O/c1-8-6-9(2)14-11(7-8)15-5-4-10(13-3)12(15)16/h6-7,10,13H,4-5H2,1-3H3. The SMILES string of the molecule is CNC1CCN(c2cc(C)cc(C)n2)C1=O. The molecule has 1 atom stereocenters. The molecule has 0 spiro atoms. The van der Waals surface area contributed by atoms with Crippen molar-refractivity contribution in [1.82, 2.24) is 10.3 Å². The van der Waals surface area contributed by atoms with Crippen molar-refractivity contribution >= 4 is 11.7 Å². The molecule has 1 aromatic rings. The summed E-state index contributed by atoms with van der Waals surface area (Å²) < 4.78 is 0. The quantitative estimate of drug-likeness (QED) is 0.808. The maximum atomic E-state index is 12.0. The Labute approximate surface area is 95.7 Å². The van der Waals surface area contributed by atoms with Crippen molar-refractivity contribution in [3.05, 3.63) is 23.4 Å². The van der Waals surface area contributed by atoms with Gasteiger partial charge < -0.3 is 5.32 Å². The second-order valence-corrected chi connectivity index (χ2v) is 4.26. The van der Waals surface area contributed by atoms with Gasteiger partial charge in [0.1, 0.15) is 5.82 Å². The lowest BCUT2D eigenvalue weighted by Crippen LogP contribution is -2.36. The highest BCUT2D eigenvalue weighted by Crippen LogP contribution is 2.20. The lowest BCUT2D eigenvalue weighted by atomic mass is 10.2. The van der Waals surface area contributed by atoms with Gasteiger partial charge in [-0.15, -0.1) is 0 Å². The number of hydrogen-bond donors (Lipinski definition) is 1. The molecule has 1 saturated heterocycles. The van der Waals surface area contributed by atoms with Crippen LogP contribution in [0.2, 0.25) is 0 Å². The number of nitrogens with zero attached hydrogens (tertiary/aromatic N) is 2. The van der Waals surface area contributed by atoms with E-state index in [4.69, 9.17) is 0 Å². The molecule has 0 bridgehead atoms. The van der Waals surface area contributed by atoms with Crippen LogP contribution >= 0.6 is 0 Å². The van der Waals surface area contributed by atoms with Crippen LogP contribution in [0.3, 0.4) is 0 Å². The summed E-state index contributed by atoms with van der Waals surface area (Å²) in [5, 5.41) is 3.02. The van der Waals surface area contributed by atoms with Gasteiger partial charge in [-0.1, -0.05) is 0 Å². The van der Waals surface area contributed by atoms with Crippen LogP contribution in [0.15, 0.2) is 12.1 Å². The lowest BCUT2D eigenvalue weighted by Gasteiger charge is -2.16. The van der Waals surface area contributed by atoms with E-state index in [0.29, 0.717) is 0 Å².